The van der Waals surface area contributed by atoms with Crippen LogP contribution in [0.25, 0.3) is 0 Å². The second kappa shape index (κ2) is 7.47. The van der Waals surface area contributed by atoms with Crippen LogP contribution in [0.4, 0.5) is 4.79 Å². The van der Waals surface area contributed by atoms with Gasteiger partial charge in [0, 0.05) is 17.1 Å². The number of nitrogens with zero attached hydrogens (tertiary/aromatic N) is 1. The van der Waals surface area contributed by atoms with Gasteiger partial charge < -0.3 is 15.0 Å². The Labute approximate surface area is 140 Å². The molecule has 1 saturated heterocycles. The van der Waals surface area contributed by atoms with Crippen molar-refractivity contribution < 1.29 is 9.53 Å². The summed E-state index contributed by atoms with van der Waals surface area (Å²) in [7, 11) is 0. The number of urea groups is 1. The van der Waals surface area contributed by atoms with Crippen LogP contribution in [0.2, 0.25) is 0 Å². The Hall–Kier alpha value is -1.07. The highest BCUT2D eigenvalue weighted by molar-refractivity contribution is 9.10. The number of amides is 2. The van der Waals surface area contributed by atoms with Crippen LogP contribution in [0.15, 0.2) is 28.7 Å². The monoisotopic (exact) mass is 366 g/mol. The second-order valence-corrected chi connectivity index (χ2v) is 7.06. The average Bonchev–Trinajstić information content (AvgIpc) is 2.56. The van der Waals surface area contributed by atoms with E-state index in [2.05, 4.69) is 33.4 Å². The Balaban J connectivity index is 1.57. The van der Waals surface area contributed by atoms with Crippen LogP contribution < -0.4 is 5.32 Å². The van der Waals surface area contributed by atoms with Gasteiger partial charge in [-0.2, -0.15) is 0 Å². The molecule has 0 radical (unpaired) electrons. The highest BCUT2D eigenvalue weighted by Gasteiger charge is 2.27. The molecule has 0 aromatic heterocycles. The van der Waals surface area contributed by atoms with Crippen molar-refractivity contribution in [2.75, 3.05) is 19.7 Å². The van der Waals surface area contributed by atoms with E-state index in [0.717, 1.165) is 22.9 Å². The molecule has 1 aromatic carbocycles. The van der Waals surface area contributed by atoms with Gasteiger partial charge in [0.05, 0.1) is 13.2 Å². The smallest absolute Gasteiger partial charge is 0.317 e. The van der Waals surface area contributed by atoms with Crippen LogP contribution in [-0.2, 0) is 4.74 Å². The standard InChI is InChI=1S/C17H23BrN2O2/c18-14-8-6-13(7-9-14)16-12-20(10-11-22-16)17(21)19-15-4-2-1-3-5-15/h6-9,15-16H,1-5,10-12H2,(H,19,21). The van der Waals surface area contributed by atoms with Gasteiger partial charge in [-0.3, -0.25) is 0 Å². The van der Waals surface area contributed by atoms with Gasteiger partial charge in [-0.25, -0.2) is 4.79 Å². The number of halogens is 1. The van der Waals surface area contributed by atoms with Crippen molar-refractivity contribution in [3.8, 4) is 0 Å². The van der Waals surface area contributed by atoms with E-state index < -0.39 is 0 Å². The van der Waals surface area contributed by atoms with Crippen LogP contribution in [0, 0.1) is 0 Å². The minimum Gasteiger partial charge on any atom is -0.370 e. The van der Waals surface area contributed by atoms with Gasteiger partial charge >= 0.3 is 6.03 Å². The van der Waals surface area contributed by atoms with E-state index >= 15 is 0 Å². The zero-order valence-electron chi connectivity index (χ0n) is 12.8. The van der Waals surface area contributed by atoms with E-state index in [-0.39, 0.29) is 12.1 Å². The SMILES string of the molecule is O=C(NC1CCCCC1)N1CCOC(c2ccc(Br)cc2)C1. The molecule has 1 aliphatic heterocycles. The molecule has 1 saturated carbocycles. The molecule has 1 unspecified atom stereocenters. The number of nitrogens with one attached hydrogen (secondary N) is 1. The van der Waals surface area contributed by atoms with Gasteiger partial charge in [0.25, 0.3) is 0 Å². The summed E-state index contributed by atoms with van der Waals surface area (Å²) >= 11 is 3.44. The summed E-state index contributed by atoms with van der Waals surface area (Å²) in [5.41, 5.74) is 1.12. The van der Waals surface area contributed by atoms with E-state index in [0.29, 0.717) is 25.7 Å². The number of ether oxygens (including phenoxy) is 1. The van der Waals surface area contributed by atoms with E-state index in [1.54, 1.807) is 0 Å². The number of benzene rings is 1. The molecule has 0 spiro atoms. The number of rotatable bonds is 2. The maximum absolute atomic E-state index is 12.4. The van der Waals surface area contributed by atoms with E-state index in [1.807, 2.05) is 17.0 Å². The Morgan fingerprint density at radius 3 is 2.64 bits per heavy atom. The minimum absolute atomic E-state index is 0.0287. The number of carbonyl (C=O) groups excluding carboxylic acids is 1. The summed E-state index contributed by atoms with van der Waals surface area (Å²) in [6.45, 7) is 1.89. The number of hydrogen-bond acceptors (Lipinski definition) is 2. The molecule has 1 N–H and O–H groups in total. The Kier molecular flexibility index (Phi) is 5.37. The van der Waals surface area contributed by atoms with Crippen molar-refractivity contribution in [3.05, 3.63) is 34.3 Å². The van der Waals surface area contributed by atoms with E-state index in [1.165, 1.54) is 19.3 Å². The lowest BCUT2D eigenvalue weighted by Crippen LogP contribution is -2.50. The van der Waals surface area contributed by atoms with Crippen LogP contribution in [0.3, 0.4) is 0 Å². The molecule has 3 rings (SSSR count). The lowest BCUT2D eigenvalue weighted by molar-refractivity contribution is -0.0159. The third-order valence-electron chi connectivity index (χ3n) is 4.53. The van der Waals surface area contributed by atoms with Gasteiger partial charge in [-0.1, -0.05) is 47.3 Å². The number of morpholine rings is 1. The zero-order valence-corrected chi connectivity index (χ0v) is 14.3. The molecule has 1 atom stereocenters. The first kappa shape index (κ1) is 15.8. The second-order valence-electron chi connectivity index (χ2n) is 6.14. The summed E-state index contributed by atoms with van der Waals surface area (Å²) in [6.07, 6.45) is 5.97. The third-order valence-corrected chi connectivity index (χ3v) is 5.06. The van der Waals surface area contributed by atoms with Gasteiger partial charge in [-0.15, -0.1) is 0 Å². The van der Waals surface area contributed by atoms with Crippen LogP contribution >= 0.6 is 15.9 Å². The molecule has 2 aliphatic rings. The first-order valence-corrected chi connectivity index (χ1v) is 8.94. The fourth-order valence-electron chi connectivity index (χ4n) is 3.23. The molecule has 5 heteroatoms. The summed E-state index contributed by atoms with van der Waals surface area (Å²) in [5.74, 6) is 0. The highest BCUT2D eigenvalue weighted by Crippen LogP contribution is 2.24. The first-order chi connectivity index (χ1) is 10.7. The maximum atomic E-state index is 12.4. The van der Waals surface area contributed by atoms with Gasteiger partial charge in [0.1, 0.15) is 6.10 Å². The molecular formula is C17H23BrN2O2. The summed E-state index contributed by atoms with van der Waals surface area (Å²) < 4.78 is 6.89. The molecule has 1 aliphatic carbocycles. The van der Waals surface area contributed by atoms with Gasteiger partial charge in [0.15, 0.2) is 0 Å². The predicted octanol–water partition coefficient (Wildman–Crippen LogP) is 3.86. The van der Waals surface area contributed by atoms with Crippen molar-refractivity contribution >= 4 is 22.0 Å². The molecule has 22 heavy (non-hydrogen) atoms. The number of hydrogen-bond donors (Lipinski definition) is 1. The van der Waals surface area contributed by atoms with E-state index in [4.69, 9.17) is 4.74 Å². The van der Waals surface area contributed by atoms with Crippen LogP contribution in [0.1, 0.15) is 43.8 Å². The first-order valence-electron chi connectivity index (χ1n) is 8.15. The lowest BCUT2D eigenvalue weighted by atomic mass is 9.96. The van der Waals surface area contributed by atoms with Gasteiger partial charge in [-0.05, 0) is 30.5 Å². The molecule has 0 bridgehead atoms. The van der Waals surface area contributed by atoms with E-state index in [9.17, 15) is 4.79 Å². The molecule has 2 amide bonds. The summed E-state index contributed by atoms with van der Waals surface area (Å²) in [6, 6.07) is 8.56. The average molecular weight is 367 g/mol. The van der Waals surface area contributed by atoms with Crippen molar-refractivity contribution in [1.82, 2.24) is 10.2 Å². The molecule has 1 aromatic rings. The Morgan fingerprint density at radius 2 is 1.91 bits per heavy atom. The summed E-state index contributed by atoms with van der Waals surface area (Å²) in [5, 5.41) is 3.19. The molecule has 2 fully saturated rings. The van der Waals surface area contributed by atoms with Crippen molar-refractivity contribution in [3.63, 3.8) is 0 Å². The summed E-state index contributed by atoms with van der Waals surface area (Å²) in [4.78, 5) is 14.3. The van der Waals surface area contributed by atoms with Crippen molar-refractivity contribution in [2.45, 2.75) is 44.2 Å². The van der Waals surface area contributed by atoms with Crippen LogP contribution in [0.5, 0.6) is 0 Å². The Bertz CT molecular complexity index is 500. The largest absolute Gasteiger partial charge is 0.370 e. The minimum atomic E-state index is -0.0287. The zero-order chi connectivity index (χ0) is 15.4. The van der Waals surface area contributed by atoms with Gasteiger partial charge in [0.2, 0.25) is 0 Å². The topological polar surface area (TPSA) is 41.6 Å². The fraction of sp³-hybridized carbons (Fsp3) is 0.588. The quantitative estimate of drug-likeness (QED) is 0.862. The molecule has 4 nitrogen and oxygen atoms in total. The normalized spacial score (nSPS) is 23.3. The predicted molar refractivity (Wildman–Crippen MR) is 89.8 cm³/mol. The number of carbonyl (C=O) groups is 1. The molecule has 1 heterocycles. The molecular weight excluding hydrogens is 344 g/mol. The van der Waals surface area contributed by atoms with Crippen LogP contribution in [-0.4, -0.2) is 36.7 Å². The van der Waals surface area contributed by atoms with Crippen molar-refractivity contribution in [2.24, 2.45) is 0 Å². The Morgan fingerprint density at radius 1 is 1.18 bits per heavy atom. The fourth-order valence-corrected chi connectivity index (χ4v) is 3.49. The maximum Gasteiger partial charge on any atom is 0.317 e. The highest BCUT2D eigenvalue weighted by atomic mass is 79.9. The van der Waals surface area contributed by atoms with Crippen molar-refractivity contribution in [1.29, 1.82) is 0 Å². The third kappa shape index (κ3) is 4.02. The molecule has 120 valence electrons. The lowest BCUT2D eigenvalue weighted by Gasteiger charge is -2.35.